The monoisotopic (exact) mass is 405 g/mol. The van der Waals surface area contributed by atoms with E-state index in [1.807, 2.05) is 23.0 Å². The molecule has 4 heterocycles. The molecule has 1 saturated heterocycles. The van der Waals surface area contributed by atoms with Gasteiger partial charge in [-0.1, -0.05) is 6.07 Å². The van der Waals surface area contributed by atoms with E-state index in [0.717, 1.165) is 32.5 Å². The van der Waals surface area contributed by atoms with Crippen molar-refractivity contribution in [3.63, 3.8) is 0 Å². The van der Waals surface area contributed by atoms with E-state index in [2.05, 4.69) is 26.4 Å². The van der Waals surface area contributed by atoms with Crippen molar-refractivity contribution in [2.45, 2.75) is 25.4 Å². The fourth-order valence-corrected chi connectivity index (χ4v) is 4.00. The number of nitrogens with zero attached hydrogens (tertiary/aromatic N) is 4. The zero-order valence-electron chi connectivity index (χ0n) is 16.5. The fourth-order valence-electron chi connectivity index (χ4n) is 4.00. The van der Waals surface area contributed by atoms with Crippen LogP contribution in [0.5, 0.6) is 11.5 Å². The minimum Gasteiger partial charge on any atom is -0.454 e. The van der Waals surface area contributed by atoms with Crippen LogP contribution in [0.25, 0.3) is 0 Å². The third-order valence-corrected chi connectivity index (χ3v) is 5.58. The van der Waals surface area contributed by atoms with Gasteiger partial charge in [0, 0.05) is 43.7 Å². The molecule has 0 atom stereocenters. The largest absolute Gasteiger partial charge is 0.454 e. The maximum absolute atomic E-state index is 12.7. The number of anilines is 1. The summed E-state index contributed by atoms with van der Waals surface area (Å²) in [5, 5.41) is 7.47. The summed E-state index contributed by atoms with van der Waals surface area (Å²) in [6, 6.07) is 11.4. The highest BCUT2D eigenvalue weighted by atomic mass is 16.7. The summed E-state index contributed by atoms with van der Waals surface area (Å²) < 4.78 is 12.6. The molecule has 1 N–H and O–H groups in total. The lowest BCUT2D eigenvalue weighted by molar-refractivity contribution is 0.102. The molecule has 0 spiro atoms. The van der Waals surface area contributed by atoms with Crippen LogP contribution in [0.3, 0.4) is 0 Å². The highest BCUT2D eigenvalue weighted by molar-refractivity contribution is 6.04. The number of hydrogen-bond acceptors (Lipinski definition) is 6. The number of carbonyl (C=O) groups excluding carboxylic acids is 1. The number of ether oxygens (including phenoxy) is 2. The van der Waals surface area contributed by atoms with Gasteiger partial charge >= 0.3 is 0 Å². The molecule has 8 nitrogen and oxygen atoms in total. The number of amides is 1. The predicted octanol–water partition coefficient (Wildman–Crippen LogP) is 3.10. The number of rotatable bonds is 5. The normalized spacial score (nSPS) is 16.5. The van der Waals surface area contributed by atoms with Gasteiger partial charge in [0.2, 0.25) is 6.79 Å². The molecule has 2 aliphatic heterocycles. The van der Waals surface area contributed by atoms with Crippen LogP contribution in [-0.2, 0) is 6.54 Å². The third kappa shape index (κ3) is 3.86. The molecule has 2 aliphatic rings. The first-order chi connectivity index (χ1) is 14.8. The lowest BCUT2D eigenvalue weighted by atomic mass is 10.0. The molecule has 1 amide bonds. The first-order valence-corrected chi connectivity index (χ1v) is 10.1. The molecule has 0 aliphatic carbocycles. The Bertz CT molecular complexity index is 1030. The zero-order valence-corrected chi connectivity index (χ0v) is 16.5. The van der Waals surface area contributed by atoms with E-state index >= 15 is 0 Å². The molecule has 3 aromatic rings. The number of hydrogen-bond donors (Lipinski definition) is 1. The van der Waals surface area contributed by atoms with Gasteiger partial charge < -0.3 is 14.8 Å². The van der Waals surface area contributed by atoms with Gasteiger partial charge in [-0.25, -0.2) is 4.68 Å². The van der Waals surface area contributed by atoms with E-state index in [9.17, 15) is 4.79 Å². The molecule has 1 aromatic carbocycles. The third-order valence-electron chi connectivity index (χ3n) is 5.58. The first-order valence-electron chi connectivity index (χ1n) is 10.1. The van der Waals surface area contributed by atoms with Gasteiger partial charge in [0.1, 0.15) is 5.82 Å². The zero-order chi connectivity index (χ0) is 20.3. The van der Waals surface area contributed by atoms with E-state index in [1.54, 1.807) is 30.6 Å². The number of benzene rings is 1. The van der Waals surface area contributed by atoms with Crippen LogP contribution in [0.4, 0.5) is 5.82 Å². The molecule has 0 saturated carbocycles. The Morgan fingerprint density at radius 2 is 1.97 bits per heavy atom. The van der Waals surface area contributed by atoms with Gasteiger partial charge in [0.15, 0.2) is 11.5 Å². The number of carbonyl (C=O) groups is 1. The molecule has 0 unspecified atom stereocenters. The molecule has 30 heavy (non-hydrogen) atoms. The molecular formula is C22H23N5O3. The van der Waals surface area contributed by atoms with Gasteiger partial charge in [-0.05, 0) is 42.7 Å². The van der Waals surface area contributed by atoms with Crippen molar-refractivity contribution in [2.24, 2.45) is 0 Å². The number of piperidine rings is 1. The predicted molar refractivity (Wildman–Crippen MR) is 111 cm³/mol. The average molecular weight is 405 g/mol. The second-order valence-corrected chi connectivity index (χ2v) is 7.55. The Morgan fingerprint density at radius 1 is 1.10 bits per heavy atom. The summed E-state index contributed by atoms with van der Waals surface area (Å²) in [6.07, 6.45) is 7.41. The SMILES string of the molecule is O=C(Nc1ccnn1C1CCN(Cc2cccnc2)CC1)c1ccc2c(c1)OCO2. The standard InChI is InChI=1S/C22H23N5O3/c28-22(17-3-4-19-20(12-17)30-15-29-19)25-21-5-9-24-27(21)18-6-10-26(11-7-18)14-16-2-1-8-23-13-16/h1-5,8-9,12-13,18H,6-7,10-11,14-15H2,(H,25,28). The molecule has 154 valence electrons. The molecular weight excluding hydrogens is 382 g/mol. The van der Waals surface area contributed by atoms with Crippen LogP contribution in [0, 0.1) is 0 Å². The average Bonchev–Trinajstić information content (AvgIpc) is 3.44. The number of fused-ring (bicyclic) bond motifs is 1. The lowest BCUT2D eigenvalue weighted by Crippen LogP contribution is -2.35. The maximum Gasteiger partial charge on any atom is 0.256 e. The molecule has 0 bridgehead atoms. The van der Waals surface area contributed by atoms with E-state index < -0.39 is 0 Å². The van der Waals surface area contributed by atoms with E-state index in [4.69, 9.17) is 9.47 Å². The quantitative estimate of drug-likeness (QED) is 0.703. The molecule has 1 fully saturated rings. The Hall–Kier alpha value is -3.39. The van der Waals surface area contributed by atoms with Crippen LogP contribution in [0.1, 0.15) is 34.8 Å². The highest BCUT2D eigenvalue weighted by Gasteiger charge is 2.24. The second-order valence-electron chi connectivity index (χ2n) is 7.55. The minimum absolute atomic E-state index is 0.187. The van der Waals surface area contributed by atoms with Crippen molar-refractivity contribution < 1.29 is 14.3 Å². The van der Waals surface area contributed by atoms with Crippen LogP contribution in [-0.4, -0.2) is 45.5 Å². The van der Waals surface area contributed by atoms with E-state index in [-0.39, 0.29) is 18.7 Å². The van der Waals surface area contributed by atoms with Gasteiger partial charge in [0.05, 0.1) is 12.2 Å². The smallest absolute Gasteiger partial charge is 0.256 e. The minimum atomic E-state index is -0.191. The van der Waals surface area contributed by atoms with Crippen molar-refractivity contribution in [1.29, 1.82) is 0 Å². The summed E-state index contributed by atoms with van der Waals surface area (Å²) >= 11 is 0. The van der Waals surface area contributed by atoms with E-state index in [1.165, 1.54) is 5.56 Å². The maximum atomic E-state index is 12.7. The van der Waals surface area contributed by atoms with Crippen molar-refractivity contribution in [3.8, 4) is 11.5 Å². The lowest BCUT2D eigenvalue weighted by Gasteiger charge is -2.32. The number of pyridine rings is 1. The summed E-state index contributed by atoms with van der Waals surface area (Å²) in [6.45, 7) is 3.06. The van der Waals surface area contributed by atoms with E-state index in [0.29, 0.717) is 22.9 Å². The van der Waals surface area contributed by atoms with Crippen LogP contribution in [0.15, 0.2) is 55.0 Å². The number of nitrogens with one attached hydrogen (secondary N) is 1. The van der Waals surface area contributed by atoms with Gasteiger partial charge in [-0.3, -0.25) is 14.7 Å². The van der Waals surface area contributed by atoms with Gasteiger partial charge in [-0.2, -0.15) is 5.10 Å². The highest BCUT2D eigenvalue weighted by Crippen LogP contribution is 2.33. The van der Waals surface area contributed by atoms with Crippen molar-refractivity contribution in [3.05, 3.63) is 66.1 Å². The Labute approximate surface area is 174 Å². The second kappa shape index (κ2) is 8.16. The van der Waals surface area contributed by atoms with Crippen molar-refractivity contribution in [2.75, 3.05) is 25.2 Å². The van der Waals surface area contributed by atoms with Crippen molar-refractivity contribution in [1.82, 2.24) is 19.7 Å². The fraction of sp³-hybridized carbons (Fsp3) is 0.318. The Morgan fingerprint density at radius 3 is 2.80 bits per heavy atom. The molecule has 8 heteroatoms. The topological polar surface area (TPSA) is 81.5 Å². The summed E-state index contributed by atoms with van der Waals surface area (Å²) in [5.41, 5.74) is 1.75. The summed E-state index contributed by atoms with van der Waals surface area (Å²) in [4.78, 5) is 19.4. The first kappa shape index (κ1) is 18.6. The summed E-state index contributed by atoms with van der Waals surface area (Å²) in [5.74, 6) is 1.78. The summed E-state index contributed by atoms with van der Waals surface area (Å²) in [7, 11) is 0. The molecule has 5 rings (SSSR count). The van der Waals surface area contributed by atoms with Crippen LogP contribution in [0.2, 0.25) is 0 Å². The van der Waals surface area contributed by atoms with Crippen molar-refractivity contribution >= 4 is 11.7 Å². The van der Waals surface area contributed by atoms with Crippen LogP contribution >= 0.6 is 0 Å². The van der Waals surface area contributed by atoms with Crippen LogP contribution < -0.4 is 14.8 Å². The molecule has 2 aromatic heterocycles. The molecule has 0 radical (unpaired) electrons. The number of likely N-dealkylation sites (tertiary alicyclic amines) is 1. The van der Waals surface area contributed by atoms with Gasteiger partial charge in [-0.15, -0.1) is 0 Å². The Kier molecular flexibility index (Phi) is 5.06. The number of aromatic nitrogens is 3. The van der Waals surface area contributed by atoms with Gasteiger partial charge in [0.25, 0.3) is 5.91 Å². The Balaban J connectivity index is 1.22.